The summed E-state index contributed by atoms with van der Waals surface area (Å²) in [6.07, 6.45) is 0. The number of hydrogen-bond acceptors (Lipinski definition) is 2. The van der Waals surface area contributed by atoms with Gasteiger partial charge in [-0.1, -0.05) is 41.9 Å². The van der Waals surface area contributed by atoms with Gasteiger partial charge in [-0.25, -0.2) is 9.20 Å². The van der Waals surface area contributed by atoms with Gasteiger partial charge in [0.25, 0.3) is 0 Å². The Balaban J connectivity index is 2.41. The van der Waals surface area contributed by atoms with Crippen molar-refractivity contribution in [3.63, 3.8) is 0 Å². The molecule has 66 valence electrons. The molecule has 0 N–H and O–H groups in total. The average molecular weight is 212 g/mol. The molecule has 1 aliphatic rings. The highest BCUT2D eigenvalue weighted by Gasteiger charge is 2.16. The summed E-state index contributed by atoms with van der Waals surface area (Å²) < 4.78 is 11.4. The molecule has 2 rings (SSSR count). The van der Waals surface area contributed by atoms with Crippen molar-refractivity contribution < 1.29 is 4.21 Å². The second kappa shape index (κ2) is 3.44. The Morgan fingerprint density at radius 3 is 2.46 bits per heavy atom. The van der Waals surface area contributed by atoms with E-state index in [1.54, 1.807) is 0 Å². The van der Waals surface area contributed by atoms with Gasteiger partial charge in [-0.05, 0) is 0 Å². The van der Waals surface area contributed by atoms with Crippen molar-refractivity contribution in [2.45, 2.75) is 0 Å². The molecule has 0 saturated heterocycles. The predicted octanol–water partition coefficient (Wildman–Crippen LogP) is 2.23. The second-order valence-electron chi connectivity index (χ2n) is 2.52. The highest BCUT2D eigenvalue weighted by molar-refractivity contribution is 8.04. The first kappa shape index (κ1) is 8.66. The van der Waals surface area contributed by atoms with E-state index in [0.717, 1.165) is 5.56 Å². The number of nitrogens with zero attached hydrogens (tertiary/aromatic N) is 1. The standard InChI is InChI=1S/C9H6ClNOS/c10-8-6-13(12)9(11-8)7-4-2-1-3-5-7/h1-6H. The summed E-state index contributed by atoms with van der Waals surface area (Å²) in [7, 11) is -1.19. The summed E-state index contributed by atoms with van der Waals surface area (Å²) >= 11 is 5.63. The van der Waals surface area contributed by atoms with E-state index in [1.807, 2.05) is 30.3 Å². The van der Waals surface area contributed by atoms with E-state index in [2.05, 4.69) is 4.99 Å². The van der Waals surface area contributed by atoms with Crippen LogP contribution >= 0.6 is 11.6 Å². The summed E-state index contributed by atoms with van der Waals surface area (Å²) in [5.41, 5.74) is 0.854. The first-order valence-electron chi connectivity index (χ1n) is 3.69. The average Bonchev–Trinajstić information content (AvgIpc) is 2.47. The second-order valence-corrected chi connectivity index (χ2v) is 4.13. The number of hydrogen-bond donors (Lipinski definition) is 0. The van der Waals surface area contributed by atoms with Crippen molar-refractivity contribution in [1.82, 2.24) is 0 Å². The van der Waals surface area contributed by atoms with Crippen LogP contribution < -0.4 is 0 Å². The van der Waals surface area contributed by atoms with E-state index in [0.29, 0.717) is 10.2 Å². The van der Waals surface area contributed by atoms with Crippen molar-refractivity contribution in [3.05, 3.63) is 46.5 Å². The van der Waals surface area contributed by atoms with Crippen molar-refractivity contribution in [1.29, 1.82) is 0 Å². The van der Waals surface area contributed by atoms with Crippen LogP contribution in [-0.2, 0) is 10.8 Å². The van der Waals surface area contributed by atoms with Crippen LogP contribution in [0.3, 0.4) is 0 Å². The molecule has 0 amide bonds. The van der Waals surface area contributed by atoms with Crippen LogP contribution in [0, 0.1) is 0 Å². The quantitative estimate of drug-likeness (QED) is 0.655. The lowest BCUT2D eigenvalue weighted by Gasteiger charge is -1.96. The van der Waals surface area contributed by atoms with Crippen LogP contribution in [0.2, 0.25) is 0 Å². The summed E-state index contributed by atoms with van der Waals surface area (Å²) in [4.78, 5) is 3.98. The van der Waals surface area contributed by atoms with Gasteiger partial charge in [-0.15, -0.1) is 0 Å². The lowest BCUT2D eigenvalue weighted by Crippen LogP contribution is -2.02. The fourth-order valence-electron chi connectivity index (χ4n) is 1.07. The van der Waals surface area contributed by atoms with E-state index in [1.165, 1.54) is 5.41 Å². The van der Waals surface area contributed by atoms with Gasteiger partial charge in [0.1, 0.15) is 21.0 Å². The largest absolute Gasteiger partial charge is 0.248 e. The minimum absolute atomic E-state index is 0.303. The van der Waals surface area contributed by atoms with Crippen LogP contribution in [0.5, 0.6) is 0 Å². The van der Waals surface area contributed by atoms with Crippen molar-refractivity contribution in [2.24, 2.45) is 4.99 Å². The Bertz CT molecular complexity index is 411. The summed E-state index contributed by atoms with van der Waals surface area (Å²) in [6, 6.07) is 9.37. The Labute approximate surface area is 83.4 Å². The first-order valence-corrected chi connectivity index (χ1v) is 5.28. The molecule has 0 bridgehead atoms. The van der Waals surface area contributed by atoms with Gasteiger partial charge in [0.15, 0.2) is 0 Å². The lowest BCUT2D eigenvalue weighted by atomic mass is 10.2. The molecule has 0 aliphatic carbocycles. The molecular weight excluding hydrogens is 206 g/mol. The minimum Gasteiger partial charge on any atom is -0.248 e. The zero-order chi connectivity index (χ0) is 9.26. The van der Waals surface area contributed by atoms with Gasteiger partial charge >= 0.3 is 0 Å². The summed E-state index contributed by atoms with van der Waals surface area (Å²) in [6.45, 7) is 0. The van der Waals surface area contributed by atoms with Gasteiger partial charge in [-0.2, -0.15) is 0 Å². The van der Waals surface area contributed by atoms with E-state index in [9.17, 15) is 4.21 Å². The molecule has 1 unspecified atom stereocenters. The van der Waals surface area contributed by atoms with Crippen molar-refractivity contribution >= 4 is 27.4 Å². The van der Waals surface area contributed by atoms with Crippen LogP contribution in [0.25, 0.3) is 0 Å². The summed E-state index contributed by atoms with van der Waals surface area (Å²) in [5, 5.41) is 2.27. The number of rotatable bonds is 1. The maximum absolute atomic E-state index is 11.4. The number of halogens is 1. The molecular formula is C9H6ClNOS. The zero-order valence-corrected chi connectivity index (χ0v) is 8.18. The van der Waals surface area contributed by atoms with Crippen LogP contribution in [0.1, 0.15) is 5.56 Å². The third-order valence-corrected chi connectivity index (χ3v) is 3.09. The molecule has 4 heteroatoms. The topological polar surface area (TPSA) is 29.4 Å². The Hall–Kier alpha value is -0.930. The fraction of sp³-hybridized carbons (Fsp3) is 0. The molecule has 1 aromatic carbocycles. The van der Waals surface area contributed by atoms with Gasteiger partial charge in [0, 0.05) is 11.0 Å². The molecule has 1 heterocycles. The molecule has 13 heavy (non-hydrogen) atoms. The van der Waals surface area contributed by atoms with Crippen molar-refractivity contribution in [2.75, 3.05) is 0 Å². The third-order valence-electron chi connectivity index (χ3n) is 1.62. The number of aliphatic imine (C=N–C) groups is 1. The van der Waals surface area contributed by atoms with E-state index >= 15 is 0 Å². The smallest absolute Gasteiger partial charge is 0.140 e. The normalized spacial score (nSPS) is 21.2. The van der Waals surface area contributed by atoms with Crippen molar-refractivity contribution in [3.8, 4) is 0 Å². The Morgan fingerprint density at radius 1 is 1.23 bits per heavy atom. The van der Waals surface area contributed by atoms with Crippen LogP contribution in [0.4, 0.5) is 0 Å². The monoisotopic (exact) mass is 211 g/mol. The number of benzene rings is 1. The molecule has 0 saturated carbocycles. The zero-order valence-electron chi connectivity index (χ0n) is 6.61. The Kier molecular flexibility index (Phi) is 2.29. The van der Waals surface area contributed by atoms with Gasteiger partial charge in [0.2, 0.25) is 0 Å². The van der Waals surface area contributed by atoms with E-state index in [4.69, 9.17) is 11.6 Å². The highest BCUT2D eigenvalue weighted by Crippen LogP contribution is 2.18. The molecule has 0 fully saturated rings. The molecule has 0 radical (unpaired) electrons. The third kappa shape index (κ3) is 1.71. The van der Waals surface area contributed by atoms with Gasteiger partial charge in [-0.3, -0.25) is 0 Å². The van der Waals surface area contributed by atoms with E-state index in [-0.39, 0.29) is 0 Å². The van der Waals surface area contributed by atoms with E-state index < -0.39 is 10.8 Å². The molecule has 2 nitrogen and oxygen atoms in total. The van der Waals surface area contributed by atoms with Gasteiger partial charge in [0.05, 0.1) is 0 Å². The SMILES string of the molecule is O=S1C=C(Cl)N=C1c1ccccc1. The first-order chi connectivity index (χ1) is 6.27. The molecule has 0 spiro atoms. The maximum atomic E-state index is 11.4. The predicted molar refractivity (Wildman–Crippen MR) is 55.1 cm³/mol. The maximum Gasteiger partial charge on any atom is 0.140 e. The van der Waals surface area contributed by atoms with Crippen LogP contribution in [0.15, 0.2) is 45.9 Å². The molecule has 1 aromatic rings. The molecule has 1 atom stereocenters. The minimum atomic E-state index is -1.19. The van der Waals surface area contributed by atoms with Gasteiger partial charge < -0.3 is 0 Å². The summed E-state index contributed by atoms with van der Waals surface area (Å²) in [5.74, 6) is 0. The fourth-order valence-corrected chi connectivity index (χ4v) is 2.35. The van der Waals surface area contributed by atoms with Crippen LogP contribution in [-0.4, -0.2) is 9.25 Å². The highest BCUT2D eigenvalue weighted by atomic mass is 35.5. The Morgan fingerprint density at radius 2 is 1.92 bits per heavy atom. The molecule has 1 aliphatic heterocycles. The lowest BCUT2D eigenvalue weighted by molar-refractivity contribution is 0.695. The molecule has 0 aromatic heterocycles.